The predicted molar refractivity (Wildman–Crippen MR) is 50.7 cm³/mol. The lowest BCUT2D eigenvalue weighted by Gasteiger charge is -2.08. The van der Waals surface area contributed by atoms with Gasteiger partial charge in [0.15, 0.2) is 0 Å². The highest BCUT2D eigenvalue weighted by molar-refractivity contribution is 4.84. The number of hydrogen-bond donors (Lipinski definition) is 3. The van der Waals surface area contributed by atoms with Crippen molar-refractivity contribution < 1.29 is 10.2 Å². The molecule has 1 heterocycles. The van der Waals surface area contributed by atoms with Crippen molar-refractivity contribution in [1.29, 1.82) is 0 Å². The van der Waals surface area contributed by atoms with Crippen molar-refractivity contribution in [3.63, 3.8) is 0 Å². The van der Waals surface area contributed by atoms with Crippen molar-refractivity contribution in [2.24, 2.45) is 7.05 Å². The maximum atomic E-state index is 9.02. The first kappa shape index (κ1) is 11.1. The minimum atomic E-state index is -0.686. The van der Waals surface area contributed by atoms with Gasteiger partial charge in [-0.25, -0.2) is 0 Å². The molecule has 0 saturated carbocycles. The van der Waals surface area contributed by atoms with Gasteiger partial charge in [0.1, 0.15) is 12.2 Å². The first-order chi connectivity index (χ1) is 6.74. The van der Waals surface area contributed by atoms with Gasteiger partial charge in [0, 0.05) is 26.6 Å². The monoisotopic (exact) mass is 200 g/mol. The second-order valence-corrected chi connectivity index (χ2v) is 3.15. The van der Waals surface area contributed by atoms with Gasteiger partial charge >= 0.3 is 0 Å². The normalized spacial score (nSPS) is 13.1. The minimum absolute atomic E-state index is 0.211. The molecule has 0 spiro atoms. The van der Waals surface area contributed by atoms with Gasteiger partial charge in [0.05, 0.1) is 12.7 Å². The molecule has 0 radical (unpaired) electrons. The fourth-order valence-corrected chi connectivity index (χ4v) is 1.07. The highest BCUT2D eigenvalue weighted by Crippen LogP contribution is 1.91. The third-order valence-electron chi connectivity index (χ3n) is 1.92. The molecule has 0 aromatic carbocycles. The van der Waals surface area contributed by atoms with Crippen molar-refractivity contribution in [2.75, 3.05) is 19.7 Å². The van der Waals surface area contributed by atoms with E-state index in [-0.39, 0.29) is 6.61 Å². The van der Waals surface area contributed by atoms with Crippen molar-refractivity contribution in [3.05, 3.63) is 12.2 Å². The Hall–Kier alpha value is -0.980. The molecule has 0 aliphatic rings. The smallest absolute Gasteiger partial charge is 0.133 e. The van der Waals surface area contributed by atoms with Crippen LogP contribution in [0.3, 0.4) is 0 Å². The van der Waals surface area contributed by atoms with E-state index in [1.807, 2.05) is 11.6 Å². The third-order valence-corrected chi connectivity index (χ3v) is 1.92. The van der Waals surface area contributed by atoms with Crippen LogP contribution >= 0.6 is 0 Å². The molecule has 0 bridgehead atoms. The molecule has 6 heteroatoms. The highest BCUT2D eigenvalue weighted by atomic mass is 16.3. The molecule has 3 N–H and O–H groups in total. The van der Waals surface area contributed by atoms with Crippen LogP contribution in [0.5, 0.6) is 0 Å². The van der Waals surface area contributed by atoms with E-state index in [9.17, 15) is 0 Å². The second kappa shape index (κ2) is 5.69. The summed E-state index contributed by atoms with van der Waals surface area (Å²) >= 11 is 0. The molecule has 0 saturated heterocycles. The van der Waals surface area contributed by atoms with Crippen molar-refractivity contribution >= 4 is 0 Å². The Morgan fingerprint density at radius 2 is 2.43 bits per heavy atom. The van der Waals surface area contributed by atoms with E-state index in [2.05, 4.69) is 15.5 Å². The average molecular weight is 200 g/mol. The van der Waals surface area contributed by atoms with E-state index in [0.717, 1.165) is 12.2 Å². The molecule has 0 aliphatic carbocycles. The summed E-state index contributed by atoms with van der Waals surface area (Å²) in [5.41, 5.74) is 0. The predicted octanol–water partition coefficient (Wildman–Crippen LogP) is -1.70. The van der Waals surface area contributed by atoms with E-state index in [1.54, 1.807) is 6.33 Å². The first-order valence-electron chi connectivity index (χ1n) is 4.56. The Balaban J connectivity index is 2.13. The Morgan fingerprint density at radius 3 is 3.00 bits per heavy atom. The highest BCUT2D eigenvalue weighted by Gasteiger charge is 2.02. The van der Waals surface area contributed by atoms with Gasteiger partial charge < -0.3 is 20.1 Å². The lowest BCUT2D eigenvalue weighted by molar-refractivity contribution is 0.0946. The third kappa shape index (κ3) is 3.41. The van der Waals surface area contributed by atoms with Crippen molar-refractivity contribution in [2.45, 2.75) is 12.5 Å². The number of aromatic nitrogens is 3. The topological polar surface area (TPSA) is 83.2 Å². The molecule has 80 valence electrons. The summed E-state index contributed by atoms with van der Waals surface area (Å²) in [6, 6.07) is 0. The Bertz CT molecular complexity index is 264. The molecule has 0 amide bonds. The number of aryl methyl sites for hydroxylation is 1. The summed E-state index contributed by atoms with van der Waals surface area (Å²) in [5, 5.41) is 28.2. The van der Waals surface area contributed by atoms with Gasteiger partial charge in [0.25, 0.3) is 0 Å². The fraction of sp³-hybridized carbons (Fsp3) is 0.750. The molecule has 1 aromatic heterocycles. The van der Waals surface area contributed by atoms with E-state index >= 15 is 0 Å². The van der Waals surface area contributed by atoms with Crippen LogP contribution in [0.4, 0.5) is 0 Å². The Kier molecular flexibility index (Phi) is 4.51. The largest absolute Gasteiger partial charge is 0.394 e. The van der Waals surface area contributed by atoms with Gasteiger partial charge in [0.2, 0.25) is 0 Å². The van der Waals surface area contributed by atoms with Crippen LogP contribution in [-0.4, -0.2) is 50.8 Å². The van der Waals surface area contributed by atoms with Gasteiger partial charge in [-0.15, -0.1) is 10.2 Å². The van der Waals surface area contributed by atoms with E-state index in [0.29, 0.717) is 13.1 Å². The molecule has 0 aliphatic heterocycles. The standard InChI is InChI=1S/C8H16N4O2/c1-12-6-10-11-8(12)2-3-9-4-7(14)5-13/h6-7,9,13-14H,2-5H2,1H3. The first-order valence-corrected chi connectivity index (χ1v) is 4.56. The van der Waals surface area contributed by atoms with Gasteiger partial charge in [-0.05, 0) is 0 Å². The van der Waals surface area contributed by atoms with Crippen LogP contribution in [0.25, 0.3) is 0 Å². The molecule has 0 fully saturated rings. The fourth-order valence-electron chi connectivity index (χ4n) is 1.07. The lowest BCUT2D eigenvalue weighted by atomic mass is 10.3. The molecular formula is C8H16N4O2. The van der Waals surface area contributed by atoms with Crippen LogP contribution in [0.15, 0.2) is 6.33 Å². The summed E-state index contributed by atoms with van der Waals surface area (Å²) in [4.78, 5) is 0. The van der Waals surface area contributed by atoms with Gasteiger partial charge in [-0.3, -0.25) is 0 Å². The molecule has 1 aromatic rings. The summed E-state index contributed by atoms with van der Waals surface area (Å²) in [7, 11) is 1.89. The zero-order valence-corrected chi connectivity index (χ0v) is 8.22. The zero-order chi connectivity index (χ0) is 10.4. The molecule has 1 unspecified atom stereocenters. The minimum Gasteiger partial charge on any atom is -0.394 e. The van der Waals surface area contributed by atoms with Crippen LogP contribution in [0.2, 0.25) is 0 Å². The summed E-state index contributed by atoms with van der Waals surface area (Å²) in [5.74, 6) is 0.899. The van der Waals surface area contributed by atoms with Crippen molar-refractivity contribution in [1.82, 2.24) is 20.1 Å². The number of aliphatic hydroxyl groups is 2. The number of nitrogens with zero attached hydrogens (tertiary/aromatic N) is 3. The molecule has 6 nitrogen and oxygen atoms in total. The number of rotatable bonds is 6. The molecule has 1 atom stereocenters. The molecule has 14 heavy (non-hydrogen) atoms. The number of aliphatic hydroxyl groups excluding tert-OH is 2. The quantitative estimate of drug-likeness (QED) is 0.477. The van der Waals surface area contributed by atoms with E-state index < -0.39 is 6.10 Å². The van der Waals surface area contributed by atoms with E-state index in [4.69, 9.17) is 10.2 Å². The molecule has 1 rings (SSSR count). The van der Waals surface area contributed by atoms with Crippen LogP contribution in [0.1, 0.15) is 5.82 Å². The second-order valence-electron chi connectivity index (χ2n) is 3.15. The number of nitrogens with one attached hydrogen (secondary N) is 1. The van der Waals surface area contributed by atoms with Gasteiger partial charge in [-0.2, -0.15) is 0 Å². The maximum Gasteiger partial charge on any atom is 0.133 e. The zero-order valence-electron chi connectivity index (χ0n) is 8.22. The van der Waals surface area contributed by atoms with Crippen LogP contribution in [0, 0.1) is 0 Å². The maximum absolute atomic E-state index is 9.02. The average Bonchev–Trinajstić information content (AvgIpc) is 2.58. The Morgan fingerprint density at radius 1 is 1.64 bits per heavy atom. The SMILES string of the molecule is Cn1cnnc1CCNCC(O)CO. The lowest BCUT2D eigenvalue weighted by Crippen LogP contribution is -2.31. The van der Waals surface area contributed by atoms with Crippen molar-refractivity contribution in [3.8, 4) is 0 Å². The summed E-state index contributed by atoms with van der Waals surface area (Å²) in [6.45, 7) is 0.898. The van der Waals surface area contributed by atoms with Crippen LogP contribution in [-0.2, 0) is 13.5 Å². The summed E-state index contributed by atoms with van der Waals surface area (Å²) in [6.07, 6.45) is 1.72. The van der Waals surface area contributed by atoms with E-state index in [1.165, 1.54) is 0 Å². The van der Waals surface area contributed by atoms with Crippen LogP contribution < -0.4 is 5.32 Å². The number of hydrogen-bond acceptors (Lipinski definition) is 5. The molecular weight excluding hydrogens is 184 g/mol. The van der Waals surface area contributed by atoms with Gasteiger partial charge in [-0.1, -0.05) is 0 Å². The summed E-state index contributed by atoms with van der Waals surface area (Å²) < 4.78 is 1.85. The Labute approximate surface area is 82.6 Å².